The van der Waals surface area contributed by atoms with Gasteiger partial charge in [0.1, 0.15) is 11.6 Å². The van der Waals surface area contributed by atoms with E-state index in [1.165, 1.54) is 7.11 Å². The summed E-state index contributed by atoms with van der Waals surface area (Å²) in [5, 5.41) is 0.996. The predicted molar refractivity (Wildman–Crippen MR) is 124 cm³/mol. The number of aromatic nitrogens is 2. The summed E-state index contributed by atoms with van der Waals surface area (Å²) in [5.74, 6) is 2.19. The number of methoxy groups -OCH3 is 2. The highest BCUT2D eigenvalue weighted by Gasteiger charge is 2.15. The SMILES string of the molecule is COC(=O)CCCCCN(C)c1nc(N(C)c2ccc(OC)cc2)c2ccccc2n1. The predicted octanol–water partition coefficient (Wildman–Crippen LogP) is 4.58. The van der Waals surface area contributed by atoms with E-state index >= 15 is 0 Å². The highest BCUT2D eigenvalue weighted by atomic mass is 16.5. The lowest BCUT2D eigenvalue weighted by atomic mass is 10.2. The van der Waals surface area contributed by atoms with E-state index < -0.39 is 0 Å². The number of carbonyl (C=O) groups excluding carboxylic acids is 1. The van der Waals surface area contributed by atoms with Crippen LogP contribution in [0.15, 0.2) is 48.5 Å². The van der Waals surface area contributed by atoms with Gasteiger partial charge in [-0.25, -0.2) is 4.98 Å². The van der Waals surface area contributed by atoms with Gasteiger partial charge in [0.15, 0.2) is 0 Å². The van der Waals surface area contributed by atoms with E-state index in [1.54, 1.807) is 7.11 Å². The lowest BCUT2D eigenvalue weighted by Gasteiger charge is -2.23. The van der Waals surface area contributed by atoms with E-state index in [9.17, 15) is 4.79 Å². The molecule has 2 aromatic carbocycles. The molecule has 0 bridgehead atoms. The molecular formula is C24H30N4O3. The van der Waals surface area contributed by atoms with Crippen molar-refractivity contribution < 1.29 is 14.3 Å². The van der Waals surface area contributed by atoms with Crippen LogP contribution in [0.3, 0.4) is 0 Å². The molecule has 0 saturated heterocycles. The number of para-hydroxylation sites is 1. The van der Waals surface area contributed by atoms with Crippen molar-refractivity contribution in [2.45, 2.75) is 25.7 Å². The van der Waals surface area contributed by atoms with Gasteiger partial charge < -0.3 is 19.3 Å². The van der Waals surface area contributed by atoms with Crippen LogP contribution < -0.4 is 14.5 Å². The summed E-state index contributed by atoms with van der Waals surface area (Å²) >= 11 is 0. The molecule has 0 fully saturated rings. The molecule has 3 aromatic rings. The number of rotatable bonds is 10. The molecule has 3 rings (SSSR count). The molecule has 31 heavy (non-hydrogen) atoms. The number of fused-ring (bicyclic) bond motifs is 1. The minimum Gasteiger partial charge on any atom is -0.497 e. The van der Waals surface area contributed by atoms with Crippen LogP contribution in [0.1, 0.15) is 25.7 Å². The molecule has 1 aromatic heterocycles. The number of nitrogens with zero attached hydrogens (tertiary/aromatic N) is 4. The largest absolute Gasteiger partial charge is 0.497 e. The fourth-order valence-corrected chi connectivity index (χ4v) is 3.40. The lowest BCUT2D eigenvalue weighted by Crippen LogP contribution is -2.22. The van der Waals surface area contributed by atoms with Gasteiger partial charge in [-0.2, -0.15) is 4.98 Å². The average Bonchev–Trinajstić information content (AvgIpc) is 2.82. The molecule has 0 aliphatic carbocycles. The van der Waals surface area contributed by atoms with Crippen LogP contribution in [-0.4, -0.2) is 50.8 Å². The Balaban J connectivity index is 1.79. The Labute approximate surface area is 183 Å². The van der Waals surface area contributed by atoms with Crippen LogP contribution >= 0.6 is 0 Å². The highest BCUT2D eigenvalue weighted by Crippen LogP contribution is 2.31. The zero-order valence-corrected chi connectivity index (χ0v) is 18.7. The molecule has 0 atom stereocenters. The summed E-state index contributed by atoms with van der Waals surface area (Å²) in [6.07, 6.45) is 3.19. The van der Waals surface area contributed by atoms with Gasteiger partial charge in [-0.15, -0.1) is 0 Å². The maximum atomic E-state index is 11.2. The van der Waals surface area contributed by atoms with Crippen LogP contribution in [-0.2, 0) is 9.53 Å². The third-order valence-electron chi connectivity index (χ3n) is 5.29. The summed E-state index contributed by atoms with van der Waals surface area (Å²) in [5.41, 5.74) is 1.92. The zero-order chi connectivity index (χ0) is 22.2. The first kappa shape index (κ1) is 22.3. The molecule has 7 heteroatoms. The van der Waals surface area contributed by atoms with E-state index in [2.05, 4.69) is 9.80 Å². The lowest BCUT2D eigenvalue weighted by molar-refractivity contribution is -0.140. The van der Waals surface area contributed by atoms with Crippen molar-refractivity contribution in [3.8, 4) is 5.75 Å². The molecule has 1 heterocycles. The zero-order valence-electron chi connectivity index (χ0n) is 18.7. The summed E-state index contributed by atoms with van der Waals surface area (Å²) in [4.78, 5) is 25.0. The Morgan fingerprint density at radius 3 is 2.39 bits per heavy atom. The molecule has 0 unspecified atom stereocenters. The van der Waals surface area contributed by atoms with Crippen LogP contribution in [0, 0.1) is 0 Å². The molecule has 0 aliphatic rings. The normalized spacial score (nSPS) is 10.7. The number of anilines is 3. The van der Waals surface area contributed by atoms with Crippen molar-refractivity contribution in [1.82, 2.24) is 9.97 Å². The second-order valence-corrected chi connectivity index (χ2v) is 7.43. The first-order valence-corrected chi connectivity index (χ1v) is 10.5. The number of hydrogen-bond donors (Lipinski definition) is 0. The summed E-state index contributed by atoms with van der Waals surface area (Å²) in [7, 11) is 7.09. The number of esters is 1. The van der Waals surface area contributed by atoms with Gasteiger partial charge in [0.2, 0.25) is 5.95 Å². The van der Waals surface area contributed by atoms with Crippen molar-refractivity contribution in [2.24, 2.45) is 0 Å². The molecule has 7 nitrogen and oxygen atoms in total. The third-order valence-corrected chi connectivity index (χ3v) is 5.29. The van der Waals surface area contributed by atoms with E-state index in [0.717, 1.165) is 54.0 Å². The van der Waals surface area contributed by atoms with Crippen molar-refractivity contribution in [3.05, 3.63) is 48.5 Å². The Morgan fingerprint density at radius 2 is 1.68 bits per heavy atom. The topological polar surface area (TPSA) is 67.8 Å². The minimum atomic E-state index is -0.155. The average molecular weight is 423 g/mol. The Morgan fingerprint density at radius 1 is 0.935 bits per heavy atom. The van der Waals surface area contributed by atoms with Crippen molar-refractivity contribution in [3.63, 3.8) is 0 Å². The van der Waals surface area contributed by atoms with Crippen molar-refractivity contribution in [2.75, 3.05) is 44.7 Å². The van der Waals surface area contributed by atoms with Gasteiger partial charge in [-0.1, -0.05) is 18.6 Å². The molecule has 0 radical (unpaired) electrons. The van der Waals surface area contributed by atoms with E-state index in [0.29, 0.717) is 12.4 Å². The van der Waals surface area contributed by atoms with E-state index in [-0.39, 0.29) is 5.97 Å². The monoisotopic (exact) mass is 422 g/mol. The highest BCUT2D eigenvalue weighted by molar-refractivity contribution is 5.92. The van der Waals surface area contributed by atoms with Crippen LogP contribution in [0.5, 0.6) is 5.75 Å². The molecule has 0 spiro atoms. The second kappa shape index (κ2) is 10.6. The quantitative estimate of drug-likeness (QED) is 0.350. The molecule has 164 valence electrons. The van der Waals surface area contributed by atoms with Gasteiger partial charge in [0.25, 0.3) is 0 Å². The summed E-state index contributed by atoms with van der Waals surface area (Å²) in [6, 6.07) is 16.0. The van der Waals surface area contributed by atoms with Gasteiger partial charge in [0.05, 0.1) is 19.7 Å². The number of unbranched alkanes of at least 4 members (excludes halogenated alkanes) is 2. The van der Waals surface area contributed by atoms with Gasteiger partial charge in [0, 0.05) is 38.1 Å². The maximum absolute atomic E-state index is 11.2. The van der Waals surface area contributed by atoms with Crippen molar-refractivity contribution in [1.29, 1.82) is 0 Å². The van der Waals surface area contributed by atoms with Crippen LogP contribution in [0.4, 0.5) is 17.5 Å². The number of benzene rings is 2. The van der Waals surface area contributed by atoms with Gasteiger partial charge in [-0.05, 0) is 49.2 Å². The summed E-state index contributed by atoms with van der Waals surface area (Å²) < 4.78 is 9.97. The maximum Gasteiger partial charge on any atom is 0.305 e. The van der Waals surface area contributed by atoms with Crippen LogP contribution in [0.25, 0.3) is 10.9 Å². The fraction of sp³-hybridized carbons (Fsp3) is 0.375. The van der Waals surface area contributed by atoms with Gasteiger partial charge >= 0.3 is 5.97 Å². The fourth-order valence-electron chi connectivity index (χ4n) is 3.40. The standard InChI is InChI=1S/C24H30N4O3/c1-27(17-9-5-6-12-22(29)31-4)24-25-21-11-8-7-10-20(21)23(26-24)28(2)18-13-15-19(30-3)16-14-18/h7-8,10-11,13-16H,5-6,9,12,17H2,1-4H3. The second-order valence-electron chi connectivity index (χ2n) is 7.43. The first-order valence-electron chi connectivity index (χ1n) is 10.5. The minimum absolute atomic E-state index is 0.155. The first-order chi connectivity index (χ1) is 15.0. The number of ether oxygens (including phenoxy) is 2. The molecule has 0 aliphatic heterocycles. The number of hydrogen-bond acceptors (Lipinski definition) is 7. The third kappa shape index (κ3) is 5.63. The van der Waals surface area contributed by atoms with E-state index in [1.807, 2.05) is 62.6 Å². The van der Waals surface area contributed by atoms with E-state index in [4.69, 9.17) is 19.4 Å². The summed E-state index contributed by atoms with van der Waals surface area (Å²) in [6.45, 7) is 0.811. The smallest absolute Gasteiger partial charge is 0.305 e. The Hall–Kier alpha value is -3.35. The molecule has 0 amide bonds. The van der Waals surface area contributed by atoms with Gasteiger partial charge in [-0.3, -0.25) is 4.79 Å². The van der Waals surface area contributed by atoms with Crippen LogP contribution in [0.2, 0.25) is 0 Å². The Bertz CT molecular complexity index is 1010. The van der Waals surface area contributed by atoms with Crippen molar-refractivity contribution >= 4 is 34.3 Å². The molecular weight excluding hydrogens is 392 g/mol. The molecule has 0 N–H and O–H groups in total. The molecule has 0 saturated carbocycles. The number of carbonyl (C=O) groups is 1. The Kier molecular flexibility index (Phi) is 7.65.